The molecule has 0 aliphatic carbocycles. The van der Waals surface area contributed by atoms with E-state index in [2.05, 4.69) is 0 Å². The molecule has 102 valence electrons. The summed E-state index contributed by atoms with van der Waals surface area (Å²) in [5.41, 5.74) is 1.10. The van der Waals surface area contributed by atoms with Gasteiger partial charge in [-0.15, -0.1) is 0 Å². The highest BCUT2D eigenvalue weighted by Crippen LogP contribution is 2.18. The van der Waals surface area contributed by atoms with Crippen molar-refractivity contribution in [3.63, 3.8) is 0 Å². The summed E-state index contributed by atoms with van der Waals surface area (Å²) < 4.78 is 0. The van der Waals surface area contributed by atoms with Crippen LogP contribution in [0.5, 0.6) is 5.75 Å². The number of carboxylic acids is 1. The fourth-order valence-electron chi connectivity index (χ4n) is 2.29. The highest BCUT2D eigenvalue weighted by Gasteiger charge is 2.33. The number of phenols is 1. The predicted molar refractivity (Wildman–Crippen MR) is 68.8 cm³/mol. The first-order valence-corrected chi connectivity index (χ1v) is 6.35. The normalized spacial score (nSPS) is 18.8. The van der Waals surface area contributed by atoms with Crippen LogP contribution in [0.3, 0.4) is 0 Å². The van der Waals surface area contributed by atoms with Crippen LogP contribution >= 0.6 is 0 Å². The lowest BCUT2D eigenvalue weighted by molar-refractivity contribution is -0.141. The lowest BCUT2D eigenvalue weighted by Crippen LogP contribution is -2.27. The zero-order chi connectivity index (χ0) is 13.8. The number of phenolic OH excluding ortho intramolecular Hbond substituents is 1. The van der Waals surface area contributed by atoms with Gasteiger partial charge < -0.3 is 15.1 Å². The predicted octanol–water partition coefficient (Wildman–Crippen LogP) is 1.26. The zero-order valence-electron chi connectivity index (χ0n) is 10.6. The number of aliphatic carboxylic acids is 1. The Morgan fingerprint density at radius 1 is 1.32 bits per heavy atom. The second-order valence-corrected chi connectivity index (χ2v) is 4.85. The summed E-state index contributed by atoms with van der Waals surface area (Å²) in [4.78, 5) is 24.0. The Morgan fingerprint density at radius 2 is 2.00 bits per heavy atom. The van der Waals surface area contributed by atoms with Crippen LogP contribution in [0.2, 0.25) is 0 Å². The Bertz CT molecular complexity index is 469. The van der Waals surface area contributed by atoms with E-state index in [0.29, 0.717) is 13.1 Å². The number of carbonyl (C=O) groups excluding carboxylic acids is 1. The van der Waals surface area contributed by atoms with Crippen LogP contribution in [-0.2, 0) is 16.0 Å². The summed E-state index contributed by atoms with van der Waals surface area (Å²) in [6, 6.07) is 6.97. The lowest BCUT2D eigenvalue weighted by atomic mass is 10.1. The minimum Gasteiger partial charge on any atom is -0.508 e. The van der Waals surface area contributed by atoms with Gasteiger partial charge in [0, 0.05) is 19.5 Å². The van der Waals surface area contributed by atoms with Crippen molar-refractivity contribution in [1.82, 2.24) is 4.90 Å². The maximum Gasteiger partial charge on any atom is 0.308 e. The summed E-state index contributed by atoms with van der Waals surface area (Å²) in [5, 5.41) is 18.0. The largest absolute Gasteiger partial charge is 0.508 e. The van der Waals surface area contributed by atoms with E-state index < -0.39 is 11.9 Å². The standard InChI is InChI=1S/C14H17NO4/c16-12-5-3-10(4-6-12)2-1-7-15-9-11(14(18)19)8-13(15)17/h3-6,11,16H,1-2,7-9H2,(H,18,19). The molecule has 5 nitrogen and oxygen atoms in total. The highest BCUT2D eigenvalue weighted by atomic mass is 16.4. The van der Waals surface area contributed by atoms with Crippen molar-refractivity contribution in [2.24, 2.45) is 5.92 Å². The van der Waals surface area contributed by atoms with Crippen LogP contribution in [-0.4, -0.2) is 40.1 Å². The molecule has 0 saturated carbocycles. The molecule has 1 aliphatic heterocycles. The van der Waals surface area contributed by atoms with Gasteiger partial charge in [-0.2, -0.15) is 0 Å². The molecule has 2 rings (SSSR count). The number of carboxylic acid groups (broad SMARTS) is 1. The van der Waals surface area contributed by atoms with E-state index in [1.54, 1.807) is 17.0 Å². The Balaban J connectivity index is 1.78. The molecule has 5 heteroatoms. The quantitative estimate of drug-likeness (QED) is 0.838. The molecule has 1 heterocycles. The monoisotopic (exact) mass is 263 g/mol. The number of hydrogen-bond acceptors (Lipinski definition) is 3. The molecule has 1 atom stereocenters. The number of amides is 1. The van der Waals surface area contributed by atoms with E-state index in [1.807, 2.05) is 12.1 Å². The summed E-state index contributed by atoms with van der Waals surface area (Å²) in [5.74, 6) is -1.28. The van der Waals surface area contributed by atoms with Crippen LogP contribution in [0.15, 0.2) is 24.3 Å². The topological polar surface area (TPSA) is 77.8 Å². The fraction of sp³-hybridized carbons (Fsp3) is 0.429. The van der Waals surface area contributed by atoms with Crippen LogP contribution < -0.4 is 0 Å². The first-order chi connectivity index (χ1) is 9.06. The maximum atomic E-state index is 11.6. The molecular formula is C14H17NO4. The van der Waals surface area contributed by atoms with Crippen LogP contribution in [0.4, 0.5) is 0 Å². The van der Waals surface area contributed by atoms with Crippen molar-refractivity contribution in [1.29, 1.82) is 0 Å². The van der Waals surface area contributed by atoms with Gasteiger partial charge in [0.15, 0.2) is 0 Å². The Morgan fingerprint density at radius 3 is 2.58 bits per heavy atom. The van der Waals surface area contributed by atoms with Gasteiger partial charge in [0.25, 0.3) is 0 Å². The average molecular weight is 263 g/mol. The lowest BCUT2D eigenvalue weighted by Gasteiger charge is -2.15. The van der Waals surface area contributed by atoms with Crippen molar-refractivity contribution in [3.8, 4) is 5.75 Å². The third kappa shape index (κ3) is 3.47. The molecule has 19 heavy (non-hydrogen) atoms. The third-order valence-corrected chi connectivity index (χ3v) is 3.39. The molecular weight excluding hydrogens is 246 g/mol. The maximum absolute atomic E-state index is 11.6. The van der Waals surface area contributed by atoms with Crippen molar-refractivity contribution in [2.75, 3.05) is 13.1 Å². The van der Waals surface area contributed by atoms with Gasteiger partial charge in [-0.1, -0.05) is 12.1 Å². The molecule has 1 saturated heterocycles. The number of carbonyl (C=O) groups is 2. The van der Waals surface area contributed by atoms with E-state index in [1.165, 1.54) is 0 Å². The van der Waals surface area contributed by atoms with E-state index in [-0.39, 0.29) is 18.1 Å². The van der Waals surface area contributed by atoms with E-state index in [4.69, 9.17) is 10.2 Å². The minimum absolute atomic E-state index is 0.0712. The van der Waals surface area contributed by atoms with Gasteiger partial charge >= 0.3 is 5.97 Å². The number of benzene rings is 1. The number of likely N-dealkylation sites (tertiary alicyclic amines) is 1. The number of hydrogen-bond donors (Lipinski definition) is 2. The second-order valence-electron chi connectivity index (χ2n) is 4.85. The zero-order valence-corrected chi connectivity index (χ0v) is 10.6. The SMILES string of the molecule is O=C(O)C1CC(=O)N(CCCc2ccc(O)cc2)C1. The molecule has 1 amide bonds. The van der Waals surface area contributed by atoms with Gasteiger partial charge in [-0.25, -0.2) is 0 Å². The van der Waals surface area contributed by atoms with Crippen LogP contribution in [0.1, 0.15) is 18.4 Å². The number of aromatic hydroxyl groups is 1. The summed E-state index contributed by atoms with van der Waals surface area (Å²) in [6.45, 7) is 0.910. The van der Waals surface area contributed by atoms with Crippen LogP contribution in [0.25, 0.3) is 0 Å². The molecule has 2 N–H and O–H groups in total. The summed E-state index contributed by atoms with van der Waals surface area (Å²) >= 11 is 0. The molecule has 1 aliphatic rings. The molecule has 0 spiro atoms. The highest BCUT2D eigenvalue weighted by molar-refractivity contribution is 5.86. The molecule has 0 bridgehead atoms. The first kappa shape index (κ1) is 13.4. The molecule has 1 aromatic carbocycles. The van der Waals surface area contributed by atoms with Crippen molar-refractivity contribution < 1.29 is 19.8 Å². The number of rotatable bonds is 5. The van der Waals surface area contributed by atoms with Gasteiger partial charge in [0.2, 0.25) is 5.91 Å². The Labute approximate surface area is 111 Å². The molecule has 0 radical (unpaired) electrons. The molecule has 0 aromatic heterocycles. The second kappa shape index (κ2) is 5.73. The van der Waals surface area contributed by atoms with E-state index in [0.717, 1.165) is 18.4 Å². The van der Waals surface area contributed by atoms with E-state index >= 15 is 0 Å². The van der Waals surface area contributed by atoms with Crippen molar-refractivity contribution in [3.05, 3.63) is 29.8 Å². The molecule has 1 unspecified atom stereocenters. The first-order valence-electron chi connectivity index (χ1n) is 6.35. The summed E-state index contributed by atoms with van der Waals surface area (Å²) in [6.07, 6.45) is 1.72. The fourth-order valence-corrected chi connectivity index (χ4v) is 2.29. The smallest absolute Gasteiger partial charge is 0.308 e. The van der Waals surface area contributed by atoms with Gasteiger partial charge in [-0.05, 0) is 30.5 Å². The summed E-state index contributed by atoms with van der Waals surface area (Å²) in [7, 11) is 0. The van der Waals surface area contributed by atoms with Crippen molar-refractivity contribution >= 4 is 11.9 Å². The number of aryl methyl sites for hydroxylation is 1. The number of nitrogens with zero attached hydrogens (tertiary/aromatic N) is 1. The van der Waals surface area contributed by atoms with Gasteiger partial charge in [0.05, 0.1) is 5.92 Å². The Kier molecular flexibility index (Phi) is 4.04. The van der Waals surface area contributed by atoms with Crippen molar-refractivity contribution in [2.45, 2.75) is 19.3 Å². The molecule has 1 aromatic rings. The minimum atomic E-state index is -0.894. The van der Waals surface area contributed by atoms with Gasteiger partial charge in [-0.3, -0.25) is 9.59 Å². The molecule has 1 fully saturated rings. The van der Waals surface area contributed by atoms with E-state index in [9.17, 15) is 9.59 Å². The van der Waals surface area contributed by atoms with Gasteiger partial charge in [0.1, 0.15) is 5.75 Å². The average Bonchev–Trinajstić information content (AvgIpc) is 2.74. The van der Waals surface area contributed by atoms with Crippen LogP contribution in [0, 0.1) is 5.92 Å². The third-order valence-electron chi connectivity index (χ3n) is 3.39. The Hall–Kier alpha value is -2.04.